The number of hydrogen-bond acceptors (Lipinski definition) is 8. The minimum atomic E-state index is -1.15. The number of ether oxygens (including phenoxy) is 2. The highest BCUT2D eigenvalue weighted by atomic mass is 35.5. The number of carboxylic acid groups (broad SMARTS) is 2. The summed E-state index contributed by atoms with van der Waals surface area (Å²) in [4.78, 5) is 76.2. The average molecular weight is 1070 g/mol. The number of aryl methyl sites for hydroxylation is 4. The average Bonchev–Trinajstić information content (AvgIpc) is 3.97. The van der Waals surface area contributed by atoms with E-state index in [2.05, 4.69) is 21.3 Å². The van der Waals surface area contributed by atoms with E-state index in [1.807, 2.05) is 58.0 Å². The van der Waals surface area contributed by atoms with Crippen LogP contribution in [0.2, 0.25) is 5.02 Å². The number of aromatic carboxylic acids is 2. The molecular weight excluding hydrogens is 1010 g/mol. The van der Waals surface area contributed by atoms with Crippen molar-refractivity contribution in [1.29, 1.82) is 0 Å². The summed E-state index contributed by atoms with van der Waals surface area (Å²) >= 11 is 6.08. The van der Waals surface area contributed by atoms with E-state index in [0.29, 0.717) is 33.6 Å². The number of nitrogens with zero attached hydrogens (tertiary/aromatic N) is 2. The van der Waals surface area contributed by atoms with Crippen LogP contribution in [0.3, 0.4) is 0 Å². The van der Waals surface area contributed by atoms with Crippen LogP contribution < -0.4 is 30.7 Å². The predicted molar refractivity (Wildman–Crippen MR) is 290 cm³/mol. The van der Waals surface area contributed by atoms with E-state index in [0.717, 1.165) is 39.1 Å². The minimum Gasteiger partial charge on any atom is -0.491 e. The van der Waals surface area contributed by atoms with Crippen molar-refractivity contribution < 1.29 is 57.2 Å². The zero-order valence-electron chi connectivity index (χ0n) is 42.8. The topological polar surface area (TPSA) is 216 Å². The third kappa shape index (κ3) is 15.5. The smallest absolute Gasteiger partial charge is 0.335 e. The number of carbonyl (C=O) groups is 6. The van der Waals surface area contributed by atoms with Gasteiger partial charge in [-0.1, -0.05) is 66.2 Å². The number of anilines is 4. The third-order valence-electron chi connectivity index (χ3n) is 13.1. The SMILES string of the molecule is Cc1cc(CC(=O)N2C[C@@H](F)C[C@H]2COc2ccc(C(=O)O)cc2)ccc1NC(=O)Nc1c(C)cccc1C.Cc1cc(CC(=O)N2C[C@@H](F)C[C@H]2COc2ccc(C(=O)O)cc2)ccc1NC(=O)Nc1ccccc1Cl. The molecule has 0 aliphatic carbocycles. The lowest BCUT2D eigenvalue weighted by atomic mass is 10.1. The number of likely N-dealkylation sites (tertiary alicyclic amines) is 2. The van der Waals surface area contributed by atoms with Crippen LogP contribution in [0.25, 0.3) is 0 Å². The number of carboxylic acids is 2. The van der Waals surface area contributed by atoms with Crippen molar-refractivity contribution in [2.24, 2.45) is 0 Å². The molecule has 2 fully saturated rings. The number of halogens is 3. The predicted octanol–water partition coefficient (Wildman–Crippen LogP) is 11.1. The lowest BCUT2D eigenvalue weighted by molar-refractivity contribution is -0.132. The molecule has 2 saturated heterocycles. The highest BCUT2D eigenvalue weighted by Crippen LogP contribution is 2.28. The molecule has 6 aromatic rings. The molecule has 16 nitrogen and oxygen atoms in total. The number of urea groups is 2. The largest absolute Gasteiger partial charge is 0.491 e. The normalized spacial score (nSPS) is 16.6. The molecule has 402 valence electrons. The molecule has 2 heterocycles. The Morgan fingerprint density at radius 3 is 1.36 bits per heavy atom. The van der Waals surface area contributed by atoms with E-state index in [-0.39, 0.29) is 81.0 Å². The van der Waals surface area contributed by atoms with E-state index < -0.39 is 42.4 Å². The van der Waals surface area contributed by atoms with Gasteiger partial charge in [0.25, 0.3) is 0 Å². The molecule has 0 radical (unpaired) electrons. The second-order valence-corrected chi connectivity index (χ2v) is 19.3. The molecule has 0 aromatic heterocycles. The Labute approximate surface area is 449 Å². The Hall–Kier alpha value is -8.51. The first kappa shape index (κ1) is 56.2. The first-order valence-corrected chi connectivity index (χ1v) is 25.1. The highest BCUT2D eigenvalue weighted by Gasteiger charge is 2.37. The lowest BCUT2D eigenvalue weighted by Crippen LogP contribution is -2.40. The molecule has 6 aromatic carbocycles. The molecule has 6 N–H and O–H groups in total. The molecule has 0 spiro atoms. The summed E-state index contributed by atoms with van der Waals surface area (Å²) in [6, 6.07) is 33.5. The number of hydrogen-bond donors (Lipinski definition) is 6. The molecule has 6 amide bonds. The summed E-state index contributed by atoms with van der Waals surface area (Å²) in [7, 11) is 0. The zero-order valence-corrected chi connectivity index (χ0v) is 43.5. The van der Waals surface area contributed by atoms with Crippen molar-refractivity contribution in [1.82, 2.24) is 9.80 Å². The summed E-state index contributed by atoms with van der Waals surface area (Å²) in [6.07, 6.45) is -1.78. The van der Waals surface area contributed by atoms with Gasteiger partial charge in [0.2, 0.25) is 11.8 Å². The summed E-state index contributed by atoms with van der Waals surface area (Å²) in [5.74, 6) is -1.61. The number of benzene rings is 6. The molecule has 8 rings (SSSR count). The maximum absolute atomic E-state index is 14.3. The van der Waals surface area contributed by atoms with Crippen LogP contribution in [0.4, 0.5) is 41.1 Å². The van der Waals surface area contributed by atoms with Crippen LogP contribution >= 0.6 is 11.6 Å². The standard InChI is InChI=1S/C30H32FN3O5.C28H27ClFN3O5/c1-18-5-4-6-19(2)28(18)33-30(38)32-26-12-7-21(13-20(26)3)14-27(35)34-16-23(31)15-24(34)17-39-25-10-8-22(9-11-25)29(36)37;1-17-12-18(6-11-24(17)31-28(37)32-25-5-3-2-4-23(25)29)13-26(34)33-15-20(30)14-21(33)16-38-22-9-7-19(8-10-22)27(35)36/h4-13,23-24H,14-17H2,1-3H3,(H,36,37)(H2,32,33,38);2-12,20-21H,13-16H2,1H3,(H,35,36)(H2,31,32,37)/t23-,24-;20-,21-/m00/s1. The van der Waals surface area contributed by atoms with E-state index in [4.69, 9.17) is 31.3 Å². The third-order valence-corrected chi connectivity index (χ3v) is 13.4. The van der Waals surface area contributed by atoms with Crippen LogP contribution in [0.5, 0.6) is 11.5 Å². The molecule has 0 bridgehead atoms. The molecule has 19 heteroatoms. The van der Waals surface area contributed by atoms with Crippen LogP contribution in [0.1, 0.15) is 66.9 Å². The quantitative estimate of drug-likeness (QED) is 0.0539. The Morgan fingerprint density at radius 1 is 0.532 bits per heavy atom. The van der Waals surface area contributed by atoms with Crippen LogP contribution in [-0.4, -0.2) is 107 Å². The van der Waals surface area contributed by atoms with Gasteiger partial charge in [-0.2, -0.15) is 0 Å². The number of rotatable bonds is 16. The Morgan fingerprint density at radius 2 is 0.948 bits per heavy atom. The van der Waals surface area contributed by atoms with Crippen molar-refractivity contribution in [3.63, 3.8) is 0 Å². The van der Waals surface area contributed by atoms with Gasteiger partial charge in [0.05, 0.1) is 59.9 Å². The maximum atomic E-state index is 14.3. The zero-order chi connectivity index (χ0) is 55.3. The second kappa shape index (κ2) is 25.8. The van der Waals surface area contributed by atoms with Gasteiger partial charge in [0, 0.05) is 29.9 Å². The van der Waals surface area contributed by atoms with Gasteiger partial charge in [0.1, 0.15) is 37.1 Å². The fourth-order valence-corrected chi connectivity index (χ4v) is 9.22. The molecule has 2 aliphatic rings. The van der Waals surface area contributed by atoms with E-state index in [9.17, 15) is 37.5 Å². The molecule has 4 atom stereocenters. The first-order valence-electron chi connectivity index (χ1n) is 24.7. The minimum absolute atomic E-state index is 0.00191. The summed E-state index contributed by atoms with van der Waals surface area (Å²) < 4.78 is 40.0. The van der Waals surface area contributed by atoms with Gasteiger partial charge >= 0.3 is 24.0 Å². The number of alkyl halides is 2. The second-order valence-electron chi connectivity index (χ2n) is 18.9. The van der Waals surface area contributed by atoms with Gasteiger partial charge in [-0.15, -0.1) is 0 Å². The van der Waals surface area contributed by atoms with Crippen molar-refractivity contribution >= 4 is 70.2 Å². The Balaban J connectivity index is 0.000000224. The number of para-hydroxylation sites is 2. The molecular formula is C58H59ClF2N6O10. The van der Waals surface area contributed by atoms with Gasteiger partial charge in [0.15, 0.2) is 0 Å². The number of nitrogens with one attached hydrogen (secondary N) is 4. The fourth-order valence-electron chi connectivity index (χ4n) is 9.04. The van der Waals surface area contributed by atoms with Crippen molar-refractivity contribution in [3.05, 3.63) is 177 Å². The van der Waals surface area contributed by atoms with E-state index in [1.54, 1.807) is 48.5 Å². The van der Waals surface area contributed by atoms with Crippen LogP contribution in [-0.2, 0) is 22.4 Å². The van der Waals surface area contributed by atoms with Crippen LogP contribution in [0.15, 0.2) is 127 Å². The fraction of sp³-hybridized carbons (Fsp3) is 0.276. The van der Waals surface area contributed by atoms with Crippen molar-refractivity contribution in [3.8, 4) is 11.5 Å². The summed E-state index contributed by atoms with van der Waals surface area (Å²) in [6.45, 7) is 7.73. The summed E-state index contributed by atoms with van der Waals surface area (Å²) in [5, 5.41) is 29.7. The van der Waals surface area contributed by atoms with Crippen molar-refractivity contribution in [2.45, 2.75) is 77.8 Å². The number of amides is 6. The Bertz CT molecular complexity index is 3110. The monoisotopic (exact) mass is 1070 g/mol. The van der Waals surface area contributed by atoms with Gasteiger partial charge in [-0.05, 0) is 134 Å². The van der Waals surface area contributed by atoms with Crippen LogP contribution in [0, 0.1) is 27.7 Å². The maximum Gasteiger partial charge on any atom is 0.335 e. The lowest BCUT2D eigenvalue weighted by Gasteiger charge is -2.24. The van der Waals surface area contributed by atoms with Gasteiger partial charge in [-0.25, -0.2) is 28.0 Å². The molecule has 0 saturated carbocycles. The number of carbonyl (C=O) groups excluding carboxylic acids is 4. The molecule has 0 unspecified atom stereocenters. The molecule has 2 aliphatic heterocycles. The van der Waals surface area contributed by atoms with Crippen molar-refractivity contribution in [2.75, 3.05) is 47.6 Å². The van der Waals surface area contributed by atoms with E-state index in [1.165, 1.54) is 58.3 Å². The van der Waals surface area contributed by atoms with Gasteiger partial charge < -0.3 is 50.8 Å². The first-order chi connectivity index (χ1) is 36.8. The highest BCUT2D eigenvalue weighted by molar-refractivity contribution is 6.33. The van der Waals surface area contributed by atoms with Gasteiger partial charge in [-0.3, -0.25) is 9.59 Å². The molecule has 77 heavy (non-hydrogen) atoms. The Kier molecular flexibility index (Phi) is 18.9. The van der Waals surface area contributed by atoms with E-state index >= 15 is 0 Å². The summed E-state index contributed by atoms with van der Waals surface area (Å²) in [5.41, 5.74) is 7.71.